The van der Waals surface area contributed by atoms with Gasteiger partial charge >= 0.3 is 0 Å². The van der Waals surface area contributed by atoms with Gasteiger partial charge in [0.2, 0.25) is 12.2 Å². The van der Waals surface area contributed by atoms with Gasteiger partial charge in [0, 0.05) is 42.4 Å². The molecule has 0 aromatic heterocycles. The Morgan fingerprint density at radius 2 is 1.89 bits per heavy atom. The minimum absolute atomic E-state index is 0.0574. The summed E-state index contributed by atoms with van der Waals surface area (Å²) in [5.41, 5.74) is 3.52. The molecule has 2 aliphatic rings. The highest BCUT2D eigenvalue weighted by molar-refractivity contribution is 6.18. The van der Waals surface area contributed by atoms with Gasteiger partial charge in [-0.2, -0.15) is 0 Å². The summed E-state index contributed by atoms with van der Waals surface area (Å²) in [6.45, 7) is 6.78. The van der Waals surface area contributed by atoms with Crippen molar-refractivity contribution in [2.75, 3.05) is 6.54 Å². The number of benzene rings is 1. The number of allylic oxidation sites excluding steroid dienone is 1. The third kappa shape index (κ3) is 4.38. The largest absolute Gasteiger partial charge is 0.318 e. The summed E-state index contributed by atoms with van der Waals surface area (Å²) < 4.78 is 0. The number of carbonyl (C=O) groups is 2. The number of fused-ring (bicyclic) bond motifs is 1. The van der Waals surface area contributed by atoms with E-state index in [4.69, 9.17) is 0 Å². The van der Waals surface area contributed by atoms with E-state index in [1.54, 1.807) is 11.1 Å². The quantitative estimate of drug-likeness (QED) is 0.822. The Balaban J connectivity index is 1.66. The maximum absolute atomic E-state index is 12.6. The van der Waals surface area contributed by atoms with E-state index in [1.165, 1.54) is 5.56 Å². The molecule has 0 radical (unpaired) electrons. The molecule has 1 unspecified atom stereocenters. The van der Waals surface area contributed by atoms with Crippen molar-refractivity contribution < 1.29 is 9.59 Å². The Hall–Kier alpha value is -2.76. The Bertz CT molecular complexity index is 819. The Labute approximate surface area is 166 Å². The van der Waals surface area contributed by atoms with E-state index in [2.05, 4.69) is 22.2 Å². The molecule has 0 bridgehead atoms. The number of nitrogens with one attached hydrogen (secondary N) is 1. The topological polar surface area (TPSA) is 74.1 Å². The van der Waals surface area contributed by atoms with Gasteiger partial charge in [-0.1, -0.05) is 32.9 Å². The van der Waals surface area contributed by atoms with Crippen LogP contribution in [0.5, 0.6) is 0 Å². The van der Waals surface area contributed by atoms with Gasteiger partial charge in [0.05, 0.1) is 5.71 Å². The molecule has 1 atom stereocenters. The van der Waals surface area contributed by atoms with Crippen LogP contribution >= 0.6 is 0 Å². The lowest BCUT2D eigenvalue weighted by Gasteiger charge is -2.29. The van der Waals surface area contributed by atoms with Gasteiger partial charge in [0.1, 0.15) is 0 Å². The summed E-state index contributed by atoms with van der Waals surface area (Å²) in [5.74, 6) is 0.0285. The first-order valence-corrected chi connectivity index (χ1v) is 10.1. The monoisotopic (exact) mass is 380 g/mol. The summed E-state index contributed by atoms with van der Waals surface area (Å²) in [6.07, 6.45) is 6.23. The van der Waals surface area contributed by atoms with Crippen LogP contribution in [0.15, 0.2) is 46.0 Å². The lowest BCUT2D eigenvalue weighted by atomic mass is 9.99. The van der Waals surface area contributed by atoms with Gasteiger partial charge in [-0.15, -0.1) is 0 Å². The van der Waals surface area contributed by atoms with Crippen molar-refractivity contribution in [3.05, 3.63) is 47.2 Å². The highest BCUT2D eigenvalue weighted by Crippen LogP contribution is 2.20. The van der Waals surface area contributed by atoms with Crippen LogP contribution in [0.3, 0.4) is 0 Å². The van der Waals surface area contributed by atoms with Crippen LogP contribution in [0.2, 0.25) is 0 Å². The maximum Gasteiger partial charge on any atom is 0.254 e. The van der Waals surface area contributed by atoms with Crippen molar-refractivity contribution in [1.82, 2.24) is 10.2 Å². The summed E-state index contributed by atoms with van der Waals surface area (Å²) in [7, 11) is 0. The van der Waals surface area contributed by atoms with Gasteiger partial charge in [-0.25, -0.2) is 9.98 Å². The fourth-order valence-corrected chi connectivity index (χ4v) is 3.46. The van der Waals surface area contributed by atoms with Gasteiger partial charge in [-0.3, -0.25) is 9.59 Å². The zero-order valence-corrected chi connectivity index (χ0v) is 16.8. The molecule has 1 aromatic rings. The molecule has 2 aliphatic heterocycles. The lowest BCUT2D eigenvalue weighted by molar-refractivity contribution is -0.133. The van der Waals surface area contributed by atoms with Crippen molar-refractivity contribution in [3.63, 3.8) is 0 Å². The van der Waals surface area contributed by atoms with E-state index in [-0.39, 0.29) is 17.7 Å². The summed E-state index contributed by atoms with van der Waals surface area (Å²) >= 11 is 0. The minimum atomic E-state index is -0.619. The maximum atomic E-state index is 12.6. The fourth-order valence-electron chi connectivity index (χ4n) is 3.46. The average Bonchev–Trinajstić information content (AvgIpc) is 2.74. The summed E-state index contributed by atoms with van der Waals surface area (Å²) in [5, 5.41) is 2.84. The molecular weight excluding hydrogens is 352 g/mol. The zero-order valence-electron chi connectivity index (χ0n) is 16.8. The molecule has 0 fully saturated rings. The Morgan fingerprint density at radius 3 is 2.54 bits per heavy atom. The van der Waals surface area contributed by atoms with Crippen LogP contribution in [-0.4, -0.2) is 41.5 Å². The molecule has 148 valence electrons. The molecular formula is C22H28N4O2. The number of carbonyl (C=O) groups excluding carboxylic acids is 2. The van der Waals surface area contributed by atoms with E-state index < -0.39 is 6.29 Å². The molecule has 0 aliphatic carbocycles. The zero-order chi connectivity index (χ0) is 20.1. The first-order chi connectivity index (χ1) is 13.5. The van der Waals surface area contributed by atoms with Gasteiger partial charge in [0.15, 0.2) is 0 Å². The Morgan fingerprint density at radius 1 is 1.18 bits per heavy atom. The number of hydrogen-bond acceptors (Lipinski definition) is 4. The highest BCUT2D eigenvalue weighted by Gasteiger charge is 2.27. The van der Waals surface area contributed by atoms with Crippen molar-refractivity contribution in [2.45, 2.75) is 52.7 Å². The SMILES string of the molecule is CCc1ccc(C(=O)NC2N=CC3=CN(C(=O)C(CC)CC)CCC3=N2)cc1. The fraction of sp³-hybridized carbons (Fsp3) is 0.455. The second-order valence-electron chi connectivity index (χ2n) is 7.13. The summed E-state index contributed by atoms with van der Waals surface area (Å²) in [6, 6.07) is 7.55. The van der Waals surface area contributed by atoms with Crippen LogP contribution in [-0.2, 0) is 11.2 Å². The van der Waals surface area contributed by atoms with Crippen molar-refractivity contribution in [1.29, 1.82) is 0 Å². The number of rotatable bonds is 6. The van der Waals surface area contributed by atoms with Crippen molar-refractivity contribution >= 4 is 23.7 Å². The van der Waals surface area contributed by atoms with E-state index in [0.29, 0.717) is 18.5 Å². The molecule has 2 amide bonds. The second-order valence-corrected chi connectivity index (χ2v) is 7.13. The molecule has 1 aromatic carbocycles. The van der Waals surface area contributed by atoms with Gasteiger partial charge in [-0.05, 0) is 37.0 Å². The van der Waals surface area contributed by atoms with Crippen LogP contribution in [0.25, 0.3) is 0 Å². The molecule has 0 spiro atoms. The van der Waals surface area contributed by atoms with E-state index in [1.807, 2.05) is 44.3 Å². The predicted octanol–water partition coefficient (Wildman–Crippen LogP) is 3.34. The number of aryl methyl sites for hydroxylation is 1. The molecule has 1 N–H and O–H groups in total. The molecule has 28 heavy (non-hydrogen) atoms. The molecule has 0 saturated carbocycles. The van der Waals surface area contributed by atoms with Crippen molar-refractivity contribution in [3.8, 4) is 0 Å². The predicted molar refractivity (Wildman–Crippen MR) is 111 cm³/mol. The summed E-state index contributed by atoms with van der Waals surface area (Å²) in [4.78, 5) is 35.7. The van der Waals surface area contributed by atoms with E-state index in [0.717, 1.165) is 30.5 Å². The molecule has 3 rings (SSSR count). The van der Waals surface area contributed by atoms with Crippen LogP contribution in [0.4, 0.5) is 0 Å². The minimum Gasteiger partial charge on any atom is -0.318 e. The van der Waals surface area contributed by atoms with E-state index >= 15 is 0 Å². The van der Waals surface area contributed by atoms with Crippen LogP contribution < -0.4 is 5.32 Å². The lowest BCUT2D eigenvalue weighted by Crippen LogP contribution is -2.40. The average molecular weight is 380 g/mol. The van der Waals surface area contributed by atoms with Crippen LogP contribution in [0.1, 0.15) is 56.0 Å². The second kappa shape index (κ2) is 8.95. The first-order valence-electron chi connectivity index (χ1n) is 10.1. The van der Waals surface area contributed by atoms with Gasteiger partial charge < -0.3 is 10.2 Å². The number of amides is 2. The van der Waals surface area contributed by atoms with Gasteiger partial charge in [0.25, 0.3) is 5.91 Å². The normalized spacial score (nSPS) is 18.4. The number of nitrogens with zero attached hydrogens (tertiary/aromatic N) is 3. The number of aliphatic imine (C=N–C) groups is 2. The van der Waals surface area contributed by atoms with Crippen LogP contribution in [0, 0.1) is 5.92 Å². The first kappa shape index (κ1) is 20.0. The van der Waals surface area contributed by atoms with Crippen molar-refractivity contribution in [2.24, 2.45) is 15.9 Å². The highest BCUT2D eigenvalue weighted by atomic mass is 16.2. The van der Waals surface area contributed by atoms with E-state index in [9.17, 15) is 9.59 Å². The smallest absolute Gasteiger partial charge is 0.254 e. The number of hydrogen-bond donors (Lipinski definition) is 1. The molecule has 0 saturated heterocycles. The Kier molecular flexibility index (Phi) is 6.39. The molecule has 2 heterocycles. The standard InChI is InChI=1S/C22H28N4O2/c1-4-15-7-9-17(10-8-15)20(27)25-22-23-13-18-14-26(12-11-19(18)24-22)21(28)16(5-2)6-3/h7-10,13-14,16,22H,4-6,11-12H2,1-3H3,(H,25,27). The molecule has 6 nitrogen and oxygen atoms in total. The third-order valence-corrected chi connectivity index (χ3v) is 5.35. The molecule has 6 heteroatoms. The third-order valence-electron chi connectivity index (χ3n) is 5.35.